The number of aromatic nitrogens is 1. The highest BCUT2D eigenvalue weighted by atomic mass is 35.5. The molecule has 1 N–H and O–H groups in total. The highest BCUT2D eigenvalue weighted by Gasteiger charge is 2.43. The summed E-state index contributed by atoms with van der Waals surface area (Å²) in [6.45, 7) is 7.22. The molecule has 2 aromatic carbocycles. The minimum absolute atomic E-state index is 0.0144. The second-order valence-electron chi connectivity index (χ2n) is 7.24. The van der Waals surface area contributed by atoms with Crippen LogP contribution in [-0.4, -0.2) is 21.8 Å². The molecule has 0 bridgehead atoms. The Morgan fingerprint density at radius 3 is 2.76 bits per heavy atom. The lowest BCUT2D eigenvalue weighted by molar-refractivity contribution is -0.143. The third kappa shape index (κ3) is 3.62. The zero-order valence-corrected chi connectivity index (χ0v) is 16.1. The molecule has 3 atom stereocenters. The lowest BCUT2D eigenvalue weighted by atomic mass is 9.83. The number of aliphatic carboxylic acids is 1. The molecule has 1 heterocycles. The molecular weight excluding hydrogens is 392 g/mol. The summed E-state index contributed by atoms with van der Waals surface area (Å²) >= 11 is 6.01. The van der Waals surface area contributed by atoms with Gasteiger partial charge in [0, 0.05) is 11.4 Å². The Bertz CT molecular complexity index is 1110. The van der Waals surface area contributed by atoms with Crippen molar-refractivity contribution < 1.29 is 19.1 Å². The molecule has 3 unspecified atom stereocenters. The smallest absolute Gasteiger partial charge is 0.307 e. The van der Waals surface area contributed by atoms with Gasteiger partial charge in [-0.2, -0.15) is 0 Å². The molecule has 3 aromatic rings. The van der Waals surface area contributed by atoms with Gasteiger partial charge in [0.25, 0.3) is 5.89 Å². The molecule has 1 aromatic heterocycles. The van der Waals surface area contributed by atoms with Crippen LogP contribution in [0, 0.1) is 18.4 Å². The van der Waals surface area contributed by atoms with Crippen LogP contribution in [0.25, 0.3) is 15.9 Å². The van der Waals surface area contributed by atoms with Gasteiger partial charge in [0.05, 0.1) is 12.5 Å². The molecule has 1 aliphatic carbocycles. The summed E-state index contributed by atoms with van der Waals surface area (Å²) in [6.07, 6.45) is 1.29. The van der Waals surface area contributed by atoms with Crippen molar-refractivity contribution >= 4 is 40.1 Å². The summed E-state index contributed by atoms with van der Waals surface area (Å²) in [7, 11) is 0. The maximum absolute atomic E-state index is 12.7. The molecule has 7 heteroatoms. The molecular formula is C22H17ClN2O4. The average molecular weight is 409 g/mol. The lowest BCUT2D eigenvalue weighted by Gasteiger charge is -2.21. The fourth-order valence-corrected chi connectivity index (χ4v) is 4.38. The number of para-hydroxylation sites is 2. The van der Waals surface area contributed by atoms with Crippen LogP contribution in [0.15, 0.2) is 46.9 Å². The van der Waals surface area contributed by atoms with Gasteiger partial charge in [-0.3, -0.25) is 9.59 Å². The number of carbonyl (C=O) groups excluding carboxylic acids is 1. The fraction of sp³-hybridized carbons (Fsp3) is 0.273. The Balaban J connectivity index is 1.57. The van der Waals surface area contributed by atoms with Gasteiger partial charge in [0.2, 0.25) is 11.5 Å². The number of rotatable bonds is 5. The third-order valence-electron chi connectivity index (χ3n) is 5.57. The van der Waals surface area contributed by atoms with Crippen LogP contribution in [0.1, 0.15) is 41.4 Å². The number of carboxylic acids is 1. The van der Waals surface area contributed by atoms with Crippen molar-refractivity contribution in [2.75, 3.05) is 0 Å². The van der Waals surface area contributed by atoms with E-state index in [1.165, 1.54) is 0 Å². The first-order valence-electron chi connectivity index (χ1n) is 9.26. The van der Waals surface area contributed by atoms with Gasteiger partial charge >= 0.3 is 5.97 Å². The highest BCUT2D eigenvalue weighted by molar-refractivity contribution is 6.33. The Labute approximate surface area is 171 Å². The number of halogens is 1. The van der Waals surface area contributed by atoms with Gasteiger partial charge in [-0.15, -0.1) is 0 Å². The maximum Gasteiger partial charge on any atom is 0.307 e. The molecule has 1 fully saturated rings. The normalized spacial score (nSPS) is 21.2. The number of benzene rings is 2. The van der Waals surface area contributed by atoms with Crippen molar-refractivity contribution in [2.45, 2.75) is 25.2 Å². The molecule has 1 aliphatic rings. The number of hydrogen-bond acceptors (Lipinski definition) is 4. The van der Waals surface area contributed by atoms with E-state index in [2.05, 4.69) is 9.83 Å². The SMILES string of the molecule is [C-]#[N+]c1cc(C2CCC(CC(=O)c3nc4ccccc4o3)C2C(=O)O)ccc1Cl. The number of carboxylic acid groups (broad SMARTS) is 1. The number of nitrogens with zero attached hydrogens (tertiary/aromatic N) is 2. The van der Waals surface area contributed by atoms with Crippen LogP contribution in [0.3, 0.4) is 0 Å². The van der Waals surface area contributed by atoms with E-state index in [0.29, 0.717) is 34.7 Å². The van der Waals surface area contributed by atoms with E-state index in [-0.39, 0.29) is 29.9 Å². The van der Waals surface area contributed by atoms with Gasteiger partial charge in [-0.05, 0) is 36.8 Å². The van der Waals surface area contributed by atoms with Crippen molar-refractivity contribution in [2.24, 2.45) is 11.8 Å². The topological polar surface area (TPSA) is 84.8 Å². The Hall–Kier alpha value is -3.17. The summed E-state index contributed by atoms with van der Waals surface area (Å²) in [5.41, 5.74) is 2.20. The van der Waals surface area contributed by atoms with E-state index < -0.39 is 11.9 Å². The molecule has 0 spiro atoms. The zero-order chi connectivity index (χ0) is 20.5. The zero-order valence-electron chi connectivity index (χ0n) is 15.3. The molecule has 0 radical (unpaired) electrons. The van der Waals surface area contributed by atoms with Crippen LogP contribution in [0.4, 0.5) is 5.69 Å². The van der Waals surface area contributed by atoms with Crippen molar-refractivity contribution in [3.63, 3.8) is 0 Å². The lowest BCUT2D eigenvalue weighted by Crippen LogP contribution is -2.25. The maximum atomic E-state index is 12.7. The van der Waals surface area contributed by atoms with Crippen LogP contribution in [0.5, 0.6) is 0 Å². The third-order valence-corrected chi connectivity index (χ3v) is 5.89. The van der Waals surface area contributed by atoms with Crippen molar-refractivity contribution in [3.05, 3.63) is 70.4 Å². The minimum Gasteiger partial charge on any atom is -0.481 e. The van der Waals surface area contributed by atoms with Crippen LogP contribution in [0.2, 0.25) is 5.02 Å². The largest absolute Gasteiger partial charge is 0.481 e. The first-order valence-corrected chi connectivity index (χ1v) is 9.64. The molecule has 0 aliphatic heterocycles. The molecule has 1 saturated carbocycles. The summed E-state index contributed by atoms with van der Waals surface area (Å²) in [4.78, 5) is 32.4. The van der Waals surface area contributed by atoms with E-state index >= 15 is 0 Å². The highest BCUT2D eigenvalue weighted by Crippen LogP contribution is 2.46. The predicted molar refractivity (Wildman–Crippen MR) is 107 cm³/mol. The average Bonchev–Trinajstić information content (AvgIpc) is 3.32. The standard InChI is InChI=1S/C22H17ClN2O4/c1-24-17-10-12(7-9-15(17)23)14-8-6-13(20(14)22(27)28)11-18(26)21-25-16-4-2-3-5-19(16)29-21/h2-5,7,9-10,13-14,20H,6,8,11H2,(H,27,28). The Morgan fingerprint density at radius 2 is 2.03 bits per heavy atom. The number of ketones is 1. The monoisotopic (exact) mass is 408 g/mol. The van der Waals surface area contributed by atoms with Crippen LogP contribution in [-0.2, 0) is 4.79 Å². The molecule has 4 rings (SSSR count). The summed E-state index contributed by atoms with van der Waals surface area (Å²) < 4.78 is 5.53. The second kappa shape index (κ2) is 7.69. The number of fused-ring (bicyclic) bond motifs is 1. The first kappa shape index (κ1) is 19.2. The molecule has 29 heavy (non-hydrogen) atoms. The van der Waals surface area contributed by atoms with Gasteiger partial charge < -0.3 is 9.52 Å². The number of hydrogen-bond donors (Lipinski definition) is 1. The van der Waals surface area contributed by atoms with Crippen molar-refractivity contribution in [1.82, 2.24) is 4.98 Å². The van der Waals surface area contributed by atoms with E-state index in [0.717, 1.165) is 5.56 Å². The second-order valence-corrected chi connectivity index (χ2v) is 7.65. The van der Waals surface area contributed by atoms with Gasteiger partial charge in [-0.25, -0.2) is 9.83 Å². The predicted octanol–water partition coefficient (Wildman–Crippen LogP) is 5.50. The molecule has 0 saturated heterocycles. The van der Waals surface area contributed by atoms with Gasteiger partial charge in [0.15, 0.2) is 5.58 Å². The fourth-order valence-electron chi connectivity index (χ4n) is 4.22. The number of carbonyl (C=O) groups is 2. The van der Waals surface area contributed by atoms with Crippen molar-refractivity contribution in [1.29, 1.82) is 0 Å². The van der Waals surface area contributed by atoms with Gasteiger partial charge in [-0.1, -0.05) is 47.5 Å². The van der Waals surface area contributed by atoms with E-state index in [1.807, 2.05) is 6.07 Å². The quantitative estimate of drug-likeness (QED) is 0.445. The van der Waals surface area contributed by atoms with E-state index in [1.54, 1.807) is 36.4 Å². The molecule has 6 nitrogen and oxygen atoms in total. The number of Topliss-reactive ketones (excluding diaryl/α,β-unsaturated/α-hetero) is 1. The molecule has 146 valence electrons. The van der Waals surface area contributed by atoms with Crippen molar-refractivity contribution in [3.8, 4) is 0 Å². The summed E-state index contributed by atoms with van der Waals surface area (Å²) in [5.74, 6) is -2.54. The van der Waals surface area contributed by atoms with Crippen LogP contribution < -0.4 is 0 Å². The first-order chi connectivity index (χ1) is 14.0. The molecule has 0 amide bonds. The summed E-state index contributed by atoms with van der Waals surface area (Å²) in [5, 5.41) is 10.2. The van der Waals surface area contributed by atoms with E-state index in [4.69, 9.17) is 22.6 Å². The van der Waals surface area contributed by atoms with E-state index in [9.17, 15) is 14.7 Å². The Kier molecular flexibility index (Phi) is 5.08. The minimum atomic E-state index is -0.942. The summed E-state index contributed by atoms with van der Waals surface area (Å²) in [6, 6.07) is 12.2. The van der Waals surface area contributed by atoms with Gasteiger partial charge in [0.1, 0.15) is 5.52 Å². The van der Waals surface area contributed by atoms with Crippen LogP contribution >= 0.6 is 11.6 Å². The Morgan fingerprint density at radius 1 is 1.24 bits per heavy atom. The number of oxazole rings is 1.